The molecule has 88 valence electrons. The minimum atomic E-state index is -1.46. The van der Waals surface area contributed by atoms with Crippen molar-refractivity contribution in [3.05, 3.63) is 47.3 Å². The summed E-state index contributed by atoms with van der Waals surface area (Å²) in [4.78, 5) is 0. The maximum Gasteiger partial charge on any atom is 0.491 e. The van der Waals surface area contributed by atoms with Gasteiger partial charge in [0.15, 0.2) is 0 Å². The number of aromatic nitrogens is 2. The Morgan fingerprint density at radius 1 is 1.24 bits per heavy atom. The first-order valence-electron chi connectivity index (χ1n) is 5.51. The minimum Gasteiger partial charge on any atom is -0.423 e. The van der Waals surface area contributed by atoms with Crippen molar-refractivity contribution in [3.8, 4) is 0 Å². The topological polar surface area (TPSA) is 58.3 Å². The van der Waals surface area contributed by atoms with E-state index in [9.17, 15) is 0 Å². The zero-order valence-electron chi connectivity index (χ0n) is 9.96. The smallest absolute Gasteiger partial charge is 0.423 e. The number of hydrogen-bond donors (Lipinski definition) is 2. The fraction of sp³-hybridized carbons (Fsp3) is 0.250. The Morgan fingerprint density at radius 3 is 2.41 bits per heavy atom. The molecule has 0 radical (unpaired) electrons. The van der Waals surface area contributed by atoms with Gasteiger partial charge >= 0.3 is 7.12 Å². The molecular formula is C12H15BN2O2. The molecule has 0 unspecified atom stereocenters. The van der Waals surface area contributed by atoms with Crippen molar-refractivity contribution in [1.29, 1.82) is 0 Å². The molecule has 2 rings (SSSR count). The number of hydrogen-bond acceptors (Lipinski definition) is 3. The highest BCUT2D eigenvalue weighted by atomic mass is 16.4. The molecule has 0 bridgehead atoms. The van der Waals surface area contributed by atoms with Gasteiger partial charge in [-0.3, -0.25) is 4.68 Å². The molecule has 2 N–H and O–H groups in total. The molecule has 0 saturated carbocycles. The summed E-state index contributed by atoms with van der Waals surface area (Å²) in [6, 6.07) is 6.15. The lowest BCUT2D eigenvalue weighted by Gasteiger charge is -2.09. The van der Waals surface area contributed by atoms with Gasteiger partial charge in [-0.25, -0.2) is 0 Å². The van der Waals surface area contributed by atoms with Gasteiger partial charge in [-0.1, -0.05) is 18.2 Å². The van der Waals surface area contributed by atoms with Crippen molar-refractivity contribution in [2.45, 2.75) is 20.4 Å². The summed E-state index contributed by atoms with van der Waals surface area (Å²) >= 11 is 0. The molecule has 0 fully saturated rings. The van der Waals surface area contributed by atoms with E-state index in [1.807, 2.05) is 6.07 Å². The van der Waals surface area contributed by atoms with E-state index in [0.717, 1.165) is 0 Å². The van der Waals surface area contributed by atoms with Gasteiger partial charge in [0.25, 0.3) is 0 Å². The summed E-state index contributed by atoms with van der Waals surface area (Å²) in [5, 5.41) is 22.1. The van der Waals surface area contributed by atoms with E-state index in [1.165, 1.54) is 22.9 Å². The Hall–Kier alpha value is -1.59. The van der Waals surface area contributed by atoms with Crippen LogP contribution in [0.3, 0.4) is 0 Å². The molecule has 0 aliphatic rings. The lowest BCUT2D eigenvalue weighted by molar-refractivity contribution is 0.425. The van der Waals surface area contributed by atoms with Crippen molar-refractivity contribution in [2.75, 3.05) is 0 Å². The Kier molecular flexibility index (Phi) is 3.31. The average molecular weight is 230 g/mol. The van der Waals surface area contributed by atoms with Crippen LogP contribution in [-0.2, 0) is 6.54 Å². The quantitative estimate of drug-likeness (QED) is 0.742. The van der Waals surface area contributed by atoms with Crippen LogP contribution in [0.5, 0.6) is 0 Å². The van der Waals surface area contributed by atoms with Gasteiger partial charge < -0.3 is 10.0 Å². The molecule has 1 heterocycles. The predicted molar refractivity (Wildman–Crippen MR) is 67.1 cm³/mol. The fourth-order valence-electron chi connectivity index (χ4n) is 1.86. The summed E-state index contributed by atoms with van der Waals surface area (Å²) in [6.07, 6.45) is 3.12. The molecule has 5 heteroatoms. The number of aryl methyl sites for hydroxylation is 2. The van der Waals surface area contributed by atoms with Crippen LogP contribution in [0.15, 0.2) is 30.6 Å². The first kappa shape index (κ1) is 11.9. The maximum atomic E-state index is 9.01. The van der Waals surface area contributed by atoms with Gasteiger partial charge in [0.05, 0.1) is 6.54 Å². The number of nitrogens with zero attached hydrogens (tertiary/aromatic N) is 2. The third-order valence-corrected chi connectivity index (χ3v) is 2.92. The Bertz CT molecular complexity index is 503. The zero-order chi connectivity index (χ0) is 12.4. The van der Waals surface area contributed by atoms with Crippen LogP contribution in [0.2, 0.25) is 0 Å². The summed E-state index contributed by atoms with van der Waals surface area (Å²) in [6.45, 7) is 4.77. The van der Waals surface area contributed by atoms with Crippen LogP contribution in [0.4, 0.5) is 0 Å². The van der Waals surface area contributed by atoms with Gasteiger partial charge in [-0.2, -0.15) is 5.10 Å². The van der Waals surface area contributed by atoms with E-state index in [1.54, 1.807) is 10.9 Å². The lowest BCUT2D eigenvalue weighted by atomic mass is 9.83. The molecule has 1 aromatic heterocycles. The SMILES string of the molecule is Cc1cccc(C)c1Cn1cc(B(O)O)cn1. The normalized spacial score (nSPS) is 10.6. The second kappa shape index (κ2) is 4.73. The Balaban J connectivity index is 2.25. The molecule has 0 aliphatic carbocycles. The molecule has 0 aliphatic heterocycles. The van der Waals surface area contributed by atoms with E-state index >= 15 is 0 Å². The maximum absolute atomic E-state index is 9.01. The summed E-state index contributed by atoms with van der Waals surface area (Å²) in [5.74, 6) is 0. The molecule has 2 aromatic rings. The van der Waals surface area contributed by atoms with Crippen molar-refractivity contribution in [2.24, 2.45) is 0 Å². The Morgan fingerprint density at radius 2 is 1.88 bits per heavy atom. The van der Waals surface area contributed by atoms with Gasteiger partial charge in [-0.15, -0.1) is 0 Å². The van der Waals surface area contributed by atoms with E-state index in [2.05, 4.69) is 31.1 Å². The van der Waals surface area contributed by atoms with Crippen LogP contribution < -0.4 is 5.46 Å². The summed E-state index contributed by atoms with van der Waals surface area (Å²) in [5.41, 5.74) is 4.06. The molecule has 1 aromatic carbocycles. The molecule has 17 heavy (non-hydrogen) atoms. The van der Waals surface area contributed by atoms with Crippen molar-refractivity contribution < 1.29 is 10.0 Å². The number of benzene rings is 1. The summed E-state index contributed by atoms with van der Waals surface area (Å²) in [7, 11) is -1.46. The van der Waals surface area contributed by atoms with Gasteiger partial charge in [0, 0.05) is 17.9 Å². The van der Waals surface area contributed by atoms with E-state index in [-0.39, 0.29) is 0 Å². The minimum absolute atomic E-state index is 0.413. The second-order valence-corrected chi connectivity index (χ2v) is 4.22. The predicted octanol–water partition coefficient (Wildman–Crippen LogP) is 0.228. The van der Waals surface area contributed by atoms with Crippen LogP contribution in [0, 0.1) is 13.8 Å². The van der Waals surface area contributed by atoms with Crippen LogP contribution in [0.1, 0.15) is 16.7 Å². The molecule has 4 nitrogen and oxygen atoms in total. The molecule has 0 amide bonds. The van der Waals surface area contributed by atoms with Gasteiger partial charge in [0.1, 0.15) is 0 Å². The van der Waals surface area contributed by atoms with Crippen LogP contribution in [-0.4, -0.2) is 26.9 Å². The first-order chi connectivity index (χ1) is 8.08. The second-order valence-electron chi connectivity index (χ2n) is 4.22. The third-order valence-electron chi connectivity index (χ3n) is 2.92. The Labute approximate surface area is 101 Å². The number of rotatable bonds is 3. The molecular weight excluding hydrogens is 215 g/mol. The molecule has 0 saturated heterocycles. The molecule has 0 spiro atoms. The first-order valence-corrected chi connectivity index (χ1v) is 5.51. The van der Waals surface area contributed by atoms with Crippen LogP contribution >= 0.6 is 0 Å². The highest BCUT2D eigenvalue weighted by Gasteiger charge is 2.13. The highest BCUT2D eigenvalue weighted by Crippen LogP contribution is 2.14. The molecule has 0 atom stereocenters. The van der Waals surface area contributed by atoms with Gasteiger partial charge in [0.2, 0.25) is 0 Å². The monoisotopic (exact) mass is 230 g/mol. The van der Waals surface area contributed by atoms with Crippen molar-refractivity contribution >= 4 is 12.6 Å². The fourth-order valence-corrected chi connectivity index (χ4v) is 1.86. The van der Waals surface area contributed by atoms with E-state index in [4.69, 9.17) is 10.0 Å². The van der Waals surface area contributed by atoms with Crippen molar-refractivity contribution in [3.63, 3.8) is 0 Å². The van der Waals surface area contributed by atoms with Crippen LogP contribution in [0.25, 0.3) is 0 Å². The van der Waals surface area contributed by atoms with Gasteiger partial charge in [-0.05, 0) is 30.5 Å². The van der Waals surface area contributed by atoms with E-state index < -0.39 is 7.12 Å². The van der Waals surface area contributed by atoms with Crippen molar-refractivity contribution in [1.82, 2.24) is 9.78 Å². The highest BCUT2D eigenvalue weighted by molar-refractivity contribution is 6.58. The third kappa shape index (κ3) is 2.57. The van der Waals surface area contributed by atoms with E-state index in [0.29, 0.717) is 12.0 Å². The zero-order valence-corrected chi connectivity index (χ0v) is 9.96. The standard InChI is InChI=1S/C12H15BN2O2/c1-9-4-3-5-10(2)12(9)8-15-7-11(6-14-15)13(16)17/h3-7,16-17H,8H2,1-2H3. The summed E-state index contributed by atoms with van der Waals surface area (Å²) < 4.78 is 1.71. The lowest BCUT2D eigenvalue weighted by Crippen LogP contribution is -2.28. The average Bonchev–Trinajstić information content (AvgIpc) is 2.72. The largest absolute Gasteiger partial charge is 0.491 e.